The first-order chi connectivity index (χ1) is 15.9. The maximum atomic E-state index is 12.9. The summed E-state index contributed by atoms with van der Waals surface area (Å²) in [5, 5.41) is 29.5. The zero-order chi connectivity index (χ0) is 23.4. The first-order valence-corrected chi connectivity index (χ1v) is 9.93. The highest BCUT2D eigenvalue weighted by Gasteiger charge is 2.25. The molecule has 4 N–H and O–H groups in total. The highest BCUT2D eigenvalue weighted by molar-refractivity contribution is 6.30. The van der Waals surface area contributed by atoms with Gasteiger partial charge in [-0.25, -0.2) is 10.1 Å². The van der Waals surface area contributed by atoms with Crippen LogP contribution in [0.4, 0.5) is 11.5 Å². The van der Waals surface area contributed by atoms with Crippen LogP contribution in [0.15, 0.2) is 58.3 Å². The number of anilines is 2. The monoisotopic (exact) mass is 467 g/mol. The molecule has 0 radical (unpaired) electrons. The topological polar surface area (TPSA) is 161 Å². The standard InChI is InChI=1S/C20H18ClN9O3/c1-29(14-5-3-2-4-6-14)11-15-17(24-28-30(15)19-18(22)26-33-27-19)20(32)25-23-10-12-9-13(21)7-8-16(12)31/h2-10,31H,11H2,1H3,(H2,22,26)(H,25,32). The average molecular weight is 468 g/mol. The molecule has 0 spiro atoms. The number of nitrogens with one attached hydrogen (secondary N) is 1. The minimum atomic E-state index is -0.634. The van der Waals surface area contributed by atoms with Gasteiger partial charge in [-0.3, -0.25) is 4.79 Å². The summed E-state index contributed by atoms with van der Waals surface area (Å²) in [7, 11) is 1.85. The summed E-state index contributed by atoms with van der Waals surface area (Å²) >= 11 is 5.92. The number of halogens is 1. The fourth-order valence-corrected chi connectivity index (χ4v) is 3.15. The number of para-hydroxylation sites is 1. The van der Waals surface area contributed by atoms with E-state index < -0.39 is 5.91 Å². The van der Waals surface area contributed by atoms with E-state index in [0.717, 1.165) is 5.69 Å². The van der Waals surface area contributed by atoms with Gasteiger partial charge in [0.2, 0.25) is 11.6 Å². The predicted octanol–water partition coefficient (Wildman–Crippen LogP) is 1.99. The minimum Gasteiger partial charge on any atom is -0.507 e. The molecular formula is C20H18ClN9O3. The van der Waals surface area contributed by atoms with E-state index in [2.05, 4.69) is 35.8 Å². The summed E-state index contributed by atoms with van der Waals surface area (Å²) < 4.78 is 5.95. The van der Waals surface area contributed by atoms with Gasteiger partial charge < -0.3 is 15.7 Å². The number of phenolic OH excluding ortho intramolecular Hbond substituents is 1. The molecule has 0 unspecified atom stereocenters. The van der Waals surface area contributed by atoms with Crippen LogP contribution in [0.25, 0.3) is 5.82 Å². The van der Waals surface area contributed by atoms with Crippen molar-refractivity contribution in [3.05, 3.63) is 70.5 Å². The lowest BCUT2D eigenvalue weighted by atomic mass is 10.2. The third-order valence-electron chi connectivity index (χ3n) is 4.62. The van der Waals surface area contributed by atoms with Crippen molar-refractivity contribution >= 4 is 35.2 Å². The summed E-state index contributed by atoms with van der Waals surface area (Å²) in [5.41, 5.74) is 9.78. The van der Waals surface area contributed by atoms with Gasteiger partial charge >= 0.3 is 0 Å². The third kappa shape index (κ3) is 4.75. The molecule has 0 aliphatic heterocycles. The molecule has 0 saturated carbocycles. The van der Waals surface area contributed by atoms with Gasteiger partial charge in [-0.05, 0) is 40.6 Å². The second-order valence-electron chi connectivity index (χ2n) is 6.86. The lowest BCUT2D eigenvalue weighted by Crippen LogP contribution is -2.24. The Balaban J connectivity index is 1.62. The summed E-state index contributed by atoms with van der Waals surface area (Å²) in [6, 6.07) is 14.0. The molecule has 33 heavy (non-hydrogen) atoms. The van der Waals surface area contributed by atoms with E-state index in [-0.39, 0.29) is 29.6 Å². The number of nitrogen functional groups attached to an aromatic ring is 1. The van der Waals surface area contributed by atoms with Crippen LogP contribution in [0.3, 0.4) is 0 Å². The number of hydrazone groups is 1. The lowest BCUT2D eigenvalue weighted by Gasteiger charge is -2.19. The molecule has 1 amide bonds. The van der Waals surface area contributed by atoms with Crippen LogP contribution in [-0.4, -0.2) is 49.6 Å². The van der Waals surface area contributed by atoms with Crippen molar-refractivity contribution in [2.24, 2.45) is 5.10 Å². The Labute approximate surface area is 192 Å². The summed E-state index contributed by atoms with van der Waals surface area (Å²) in [5.74, 6) is -0.580. The van der Waals surface area contributed by atoms with E-state index in [9.17, 15) is 9.90 Å². The van der Waals surface area contributed by atoms with Gasteiger partial charge in [0.15, 0.2) is 5.69 Å². The maximum absolute atomic E-state index is 12.9. The number of aromatic nitrogens is 5. The van der Waals surface area contributed by atoms with E-state index in [1.54, 1.807) is 0 Å². The van der Waals surface area contributed by atoms with Crippen molar-refractivity contribution in [2.75, 3.05) is 17.7 Å². The van der Waals surface area contributed by atoms with Crippen molar-refractivity contribution in [2.45, 2.75) is 6.54 Å². The van der Waals surface area contributed by atoms with Gasteiger partial charge in [0, 0.05) is 23.3 Å². The van der Waals surface area contributed by atoms with Gasteiger partial charge in [0.25, 0.3) is 5.91 Å². The van der Waals surface area contributed by atoms with Crippen LogP contribution in [0.5, 0.6) is 5.75 Å². The summed E-state index contributed by atoms with van der Waals surface area (Å²) in [4.78, 5) is 14.7. The molecule has 0 fully saturated rings. The molecule has 13 heteroatoms. The molecule has 4 aromatic rings. The zero-order valence-electron chi connectivity index (χ0n) is 17.3. The Morgan fingerprint density at radius 2 is 2.09 bits per heavy atom. The van der Waals surface area contributed by atoms with Gasteiger partial charge in [-0.2, -0.15) is 9.78 Å². The van der Waals surface area contributed by atoms with E-state index in [0.29, 0.717) is 16.3 Å². The number of aromatic hydroxyl groups is 1. The molecule has 2 aromatic heterocycles. The smallest absolute Gasteiger partial charge is 0.293 e. The number of nitrogens with two attached hydrogens (primary N) is 1. The molecule has 0 aliphatic rings. The molecule has 0 atom stereocenters. The van der Waals surface area contributed by atoms with Crippen molar-refractivity contribution < 1.29 is 14.5 Å². The largest absolute Gasteiger partial charge is 0.507 e. The first kappa shape index (κ1) is 21.8. The number of phenols is 1. The molecule has 0 aliphatic carbocycles. The van der Waals surface area contributed by atoms with Crippen LogP contribution < -0.4 is 16.1 Å². The van der Waals surface area contributed by atoms with Gasteiger partial charge in [0.1, 0.15) is 5.75 Å². The van der Waals surface area contributed by atoms with E-state index >= 15 is 0 Å². The zero-order valence-corrected chi connectivity index (χ0v) is 18.0. The van der Waals surface area contributed by atoms with Crippen molar-refractivity contribution in [1.29, 1.82) is 0 Å². The van der Waals surface area contributed by atoms with Gasteiger partial charge in [-0.15, -0.1) is 5.10 Å². The average Bonchev–Trinajstić information content (AvgIpc) is 3.42. The highest BCUT2D eigenvalue weighted by Crippen LogP contribution is 2.21. The highest BCUT2D eigenvalue weighted by atomic mass is 35.5. The van der Waals surface area contributed by atoms with Gasteiger partial charge in [-0.1, -0.05) is 35.0 Å². The SMILES string of the molecule is CN(Cc1c(C(=O)NN=Cc2cc(Cl)ccc2O)nnn1-c1nonc1N)c1ccccc1. The molecular weight excluding hydrogens is 450 g/mol. The first-order valence-electron chi connectivity index (χ1n) is 9.55. The normalized spacial score (nSPS) is 11.1. The molecule has 2 heterocycles. The lowest BCUT2D eigenvalue weighted by molar-refractivity contribution is 0.0949. The van der Waals surface area contributed by atoms with E-state index in [1.807, 2.05) is 42.3 Å². The van der Waals surface area contributed by atoms with E-state index in [4.69, 9.17) is 17.3 Å². The number of nitrogens with zero attached hydrogens (tertiary/aromatic N) is 7. The summed E-state index contributed by atoms with van der Waals surface area (Å²) in [6.07, 6.45) is 1.26. The Bertz CT molecular complexity index is 1300. The molecule has 168 valence electrons. The fourth-order valence-electron chi connectivity index (χ4n) is 2.97. The van der Waals surface area contributed by atoms with Crippen LogP contribution in [-0.2, 0) is 6.54 Å². The Kier molecular flexibility index (Phi) is 6.17. The predicted molar refractivity (Wildman–Crippen MR) is 120 cm³/mol. The fraction of sp³-hybridized carbons (Fsp3) is 0.100. The van der Waals surface area contributed by atoms with Crippen LogP contribution in [0.2, 0.25) is 5.02 Å². The molecule has 12 nitrogen and oxygen atoms in total. The second kappa shape index (κ2) is 9.36. The van der Waals surface area contributed by atoms with Crippen molar-refractivity contribution in [3.8, 4) is 11.6 Å². The minimum absolute atomic E-state index is 0.00681. The van der Waals surface area contributed by atoms with Gasteiger partial charge in [0.05, 0.1) is 18.5 Å². The van der Waals surface area contributed by atoms with Crippen LogP contribution in [0, 0.1) is 0 Å². The maximum Gasteiger partial charge on any atom is 0.293 e. The third-order valence-corrected chi connectivity index (χ3v) is 4.85. The number of hydrogen-bond donors (Lipinski definition) is 3. The summed E-state index contributed by atoms with van der Waals surface area (Å²) in [6.45, 7) is 0.227. The molecule has 4 rings (SSSR count). The van der Waals surface area contributed by atoms with E-state index in [1.165, 1.54) is 29.1 Å². The Hall–Kier alpha value is -4.45. The number of carbonyl (C=O) groups is 1. The molecule has 0 bridgehead atoms. The quantitative estimate of drug-likeness (QED) is 0.272. The number of hydrogen-bond acceptors (Lipinski definition) is 10. The Morgan fingerprint density at radius 1 is 1.30 bits per heavy atom. The number of rotatable bonds is 7. The van der Waals surface area contributed by atoms with Crippen LogP contribution >= 0.6 is 11.6 Å². The van der Waals surface area contributed by atoms with Crippen molar-refractivity contribution in [1.82, 2.24) is 30.7 Å². The number of amides is 1. The van der Waals surface area contributed by atoms with Crippen LogP contribution in [0.1, 0.15) is 21.7 Å². The molecule has 0 saturated heterocycles. The number of carbonyl (C=O) groups excluding carboxylic acids is 1. The molecule has 2 aromatic carbocycles. The van der Waals surface area contributed by atoms with Crippen molar-refractivity contribution in [3.63, 3.8) is 0 Å². The second-order valence-corrected chi connectivity index (χ2v) is 7.30. The number of benzene rings is 2. The Morgan fingerprint density at radius 3 is 2.82 bits per heavy atom.